The Labute approximate surface area is 68.3 Å². The molecule has 1 rings (SSSR count). The van der Waals surface area contributed by atoms with Crippen molar-refractivity contribution in [1.82, 2.24) is 0 Å². The summed E-state index contributed by atoms with van der Waals surface area (Å²) in [5.74, 6) is -1.03. The van der Waals surface area contributed by atoms with Gasteiger partial charge < -0.3 is 5.11 Å². The van der Waals surface area contributed by atoms with E-state index in [4.69, 9.17) is 5.11 Å². The van der Waals surface area contributed by atoms with Crippen LogP contribution in [0.25, 0.3) is 0 Å². The highest BCUT2D eigenvalue weighted by Crippen LogP contribution is 2.05. The molecule has 12 heavy (non-hydrogen) atoms. The molecule has 0 radical (unpaired) electrons. The van der Waals surface area contributed by atoms with E-state index >= 15 is 0 Å². The molecule has 0 heterocycles. The van der Waals surface area contributed by atoms with Gasteiger partial charge in [-0.2, -0.15) is 0 Å². The van der Waals surface area contributed by atoms with Gasteiger partial charge in [-0.15, -0.1) is 0 Å². The molecule has 0 atom stereocenters. The van der Waals surface area contributed by atoms with E-state index in [1.54, 1.807) is 0 Å². The molecule has 1 N–H and O–H groups in total. The summed E-state index contributed by atoms with van der Waals surface area (Å²) < 4.78 is 11.4. The average Bonchev–Trinajstić information content (AvgIpc) is 2.17. The maximum Gasteiger partial charge on any atom is 0.379 e. The summed E-state index contributed by atoms with van der Waals surface area (Å²) in [6.07, 6.45) is 0. The number of benzene rings is 1. The number of aliphatic hydroxyl groups is 1. The number of carbonyl (C=O) groups excluding carboxylic acids is 1. The fourth-order valence-corrected chi connectivity index (χ4v) is 0.791. The molecule has 0 saturated heterocycles. The summed E-state index contributed by atoms with van der Waals surface area (Å²) in [6, 6.07) is 5.80. The zero-order valence-electron chi connectivity index (χ0n) is 6.16. The van der Waals surface area contributed by atoms with E-state index in [9.17, 15) is 9.32 Å². The lowest BCUT2D eigenvalue weighted by Gasteiger charge is -1.96. The smallest absolute Gasteiger partial charge is 0.379 e. The van der Waals surface area contributed by atoms with Crippen LogP contribution in [0.4, 0.5) is 4.53 Å². The molecule has 0 aliphatic rings. The first-order valence-corrected chi connectivity index (χ1v) is 3.30. The van der Waals surface area contributed by atoms with E-state index in [1.807, 2.05) is 0 Å². The Balaban J connectivity index is 2.84. The van der Waals surface area contributed by atoms with E-state index in [0.717, 1.165) is 0 Å². The van der Waals surface area contributed by atoms with Crippen LogP contribution in [0, 0.1) is 0 Å². The standard InChI is InChI=1S/C8H7FO3/c9-12-8(11)7-3-1-6(5-10)2-4-7/h1-4,10H,5H2. The predicted octanol–water partition coefficient (Wildman–Crippen LogP) is 1.22. The summed E-state index contributed by atoms with van der Waals surface area (Å²) in [5, 5.41) is 8.63. The van der Waals surface area contributed by atoms with Crippen LogP contribution in [0.1, 0.15) is 15.9 Å². The lowest BCUT2D eigenvalue weighted by molar-refractivity contribution is -0.0788. The van der Waals surface area contributed by atoms with Gasteiger partial charge >= 0.3 is 5.97 Å². The molecule has 1 aromatic rings. The van der Waals surface area contributed by atoms with Crippen LogP contribution < -0.4 is 0 Å². The molecule has 0 unspecified atom stereocenters. The van der Waals surface area contributed by atoms with E-state index in [-0.39, 0.29) is 12.2 Å². The van der Waals surface area contributed by atoms with Gasteiger partial charge in [-0.3, -0.25) is 0 Å². The van der Waals surface area contributed by atoms with Gasteiger partial charge in [0.2, 0.25) is 0 Å². The number of aliphatic hydroxyl groups excluding tert-OH is 1. The van der Waals surface area contributed by atoms with Crippen molar-refractivity contribution in [2.45, 2.75) is 6.61 Å². The second-order valence-corrected chi connectivity index (χ2v) is 2.22. The molecular weight excluding hydrogens is 163 g/mol. The van der Waals surface area contributed by atoms with Gasteiger partial charge in [-0.1, -0.05) is 12.1 Å². The van der Waals surface area contributed by atoms with Crippen molar-refractivity contribution in [2.75, 3.05) is 0 Å². The van der Waals surface area contributed by atoms with Crippen molar-refractivity contribution < 1.29 is 19.4 Å². The van der Waals surface area contributed by atoms with Crippen molar-refractivity contribution >= 4 is 5.97 Å². The lowest BCUT2D eigenvalue weighted by Crippen LogP contribution is -1.98. The molecule has 0 aromatic heterocycles. The first kappa shape index (κ1) is 8.67. The largest absolute Gasteiger partial charge is 0.392 e. The summed E-state index contributed by atoms with van der Waals surface area (Å²) in [7, 11) is 0. The highest BCUT2D eigenvalue weighted by Gasteiger charge is 2.05. The Morgan fingerprint density at radius 1 is 1.42 bits per heavy atom. The van der Waals surface area contributed by atoms with Gasteiger partial charge in [-0.25, -0.2) is 9.74 Å². The fourth-order valence-electron chi connectivity index (χ4n) is 0.791. The van der Waals surface area contributed by atoms with Crippen LogP contribution in [0.15, 0.2) is 24.3 Å². The SMILES string of the molecule is O=C(OF)c1ccc(CO)cc1. The zero-order valence-corrected chi connectivity index (χ0v) is 6.16. The molecule has 0 bridgehead atoms. The summed E-state index contributed by atoms with van der Waals surface area (Å²) in [6.45, 7) is -0.106. The third kappa shape index (κ3) is 1.79. The second-order valence-electron chi connectivity index (χ2n) is 2.22. The second kappa shape index (κ2) is 3.82. The van der Waals surface area contributed by atoms with Crippen molar-refractivity contribution in [3.63, 3.8) is 0 Å². The Hall–Kier alpha value is -1.42. The van der Waals surface area contributed by atoms with Crippen LogP contribution in [0.5, 0.6) is 0 Å². The Morgan fingerprint density at radius 2 is 2.00 bits per heavy atom. The summed E-state index contributed by atoms with van der Waals surface area (Å²) in [5.41, 5.74) is 0.778. The van der Waals surface area contributed by atoms with Crippen LogP contribution in [-0.4, -0.2) is 11.1 Å². The Bertz CT molecular complexity index is 268. The minimum absolute atomic E-state index is 0.106. The van der Waals surface area contributed by atoms with E-state index in [1.165, 1.54) is 24.3 Å². The molecular formula is C8H7FO3. The van der Waals surface area contributed by atoms with Crippen LogP contribution in [-0.2, 0) is 11.5 Å². The summed E-state index contributed by atoms with van der Waals surface area (Å²) >= 11 is 0. The maximum absolute atomic E-state index is 11.4. The minimum Gasteiger partial charge on any atom is -0.392 e. The first-order chi connectivity index (χ1) is 5.77. The molecule has 0 aliphatic carbocycles. The number of hydrogen-bond donors (Lipinski definition) is 1. The lowest BCUT2D eigenvalue weighted by atomic mass is 10.1. The first-order valence-electron chi connectivity index (χ1n) is 3.30. The van der Waals surface area contributed by atoms with Crippen molar-refractivity contribution in [2.24, 2.45) is 0 Å². The monoisotopic (exact) mass is 170 g/mol. The predicted molar refractivity (Wildman–Crippen MR) is 38.9 cm³/mol. The van der Waals surface area contributed by atoms with Crippen molar-refractivity contribution in [3.8, 4) is 0 Å². The van der Waals surface area contributed by atoms with Gasteiger partial charge in [0.25, 0.3) is 0 Å². The fraction of sp³-hybridized carbons (Fsp3) is 0.125. The summed E-state index contributed by atoms with van der Waals surface area (Å²) in [4.78, 5) is 13.6. The maximum atomic E-state index is 11.4. The number of halogens is 1. The quantitative estimate of drug-likeness (QED) is 0.725. The molecule has 0 spiro atoms. The van der Waals surface area contributed by atoms with Gasteiger partial charge in [-0.05, 0) is 17.7 Å². The highest BCUT2D eigenvalue weighted by atomic mass is 19.3. The number of hydrogen-bond acceptors (Lipinski definition) is 3. The molecule has 0 amide bonds. The molecule has 4 heteroatoms. The normalized spacial score (nSPS) is 9.50. The zero-order chi connectivity index (χ0) is 8.97. The molecule has 1 aromatic carbocycles. The number of carbonyl (C=O) groups is 1. The van der Waals surface area contributed by atoms with Gasteiger partial charge in [0.15, 0.2) is 0 Å². The molecule has 3 nitrogen and oxygen atoms in total. The number of rotatable bonds is 2. The third-order valence-corrected chi connectivity index (χ3v) is 1.44. The van der Waals surface area contributed by atoms with Crippen LogP contribution in [0.2, 0.25) is 0 Å². The molecule has 64 valence electrons. The third-order valence-electron chi connectivity index (χ3n) is 1.44. The van der Waals surface area contributed by atoms with E-state index < -0.39 is 5.97 Å². The van der Waals surface area contributed by atoms with Crippen molar-refractivity contribution in [3.05, 3.63) is 35.4 Å². The molecule has 0 aliphatic heterocycles. The molecule has 0 fully saturated rings. The van der Waals surface area contributed by atoms with E-state index in [2.05, 4.69) is 4.94 Å². The highest BCUT2D eigenvalue weighted by molar-refractivity contribution is 5.88. The minimum atomic E-state index is -1.03. The Kier molecular flexibility index (Phi) is 2.76. The van der Waals surface area contributed by atoms with Crippen LogP contribution in [0.3, 0.4) is 0 Å². The topological polar surface area (TPSA) is 46.5 Å². The van der Waals surface area contributed by atoms with Gasteiger partial charge in [0.05, 0.1) is 12.2 Å². The van der Waals surface area contributed by atoms with Gasteiger partial charge in [0, 0.05) is 4.53 Å². The Morgan fingerprint density at radius 3 is 2.42 bits per heavy atom. The van der Waals surface area contributed by atoms with Crippen molar-refractivity contribution in [1.29, 1.82) is 0 Å². The van der Waals surface area contributed by atoms with E-state index in [0.29, 0.717) is 5.56 Å². The van der Waals surface area contributed by atoms with Gasteiger partial charge in [0.1, 0.15) is 0 Å². The molecule has 0 saturated carbocycles. The average molecular weight is 170 g/mol. The van der Waals surface area contributed by atoms with Crippen LogP contribution >= 0.6 is 0 Å².